The summed E-state index contributed by atoms with van der Waals surface area (Å²) in [4.78, 5) is 4.33. The zero-order valence-corrected chi connectivity index (χ0v) is 9.46. The molecule has 0 aromatic carbocycles. The zero-order valence-electron chi connectivity index (χ0n) is 9.46. The van der Waals surface area contributed by atoms with Crippen LogP contribution in [0.5, 0.6) is 0 Å². The molecule has 0 aromatic rings. The Morgan fingerprint density at radius 3 is 2.87 bits per heavy atom. The maximum atomic E-state index is 5.37. The van der Waals surface area contributed by atoms with Gasteiger partial charge < -0.3 is 10.1 Å². The molecule has 5 nitrogen and oxygen atoms in total. The first-order valence-corrected chi connectivity index (χ1v) is 5.72. The second-order valence-corrected chi connectivity index (χ2v) is 3.70. The fraction of sp³-hybridized carbons (Fsp3) is 0.900. The van der Waals surface area contributed by atoms with E-state index in [-0.39, 0.29) is 0 Å². The average Bonchev–Trinajstić information content (AvgIpc) is 2.19. The normalized spacial score (nSPS) is 17.3. The van der Waals surface area contributed by atoms with Gasteiger partial charge in [-0.25, -0.2) is 5.84 Å². The number of hydrogen-bond donors (Lipinski definition) is 3. The van der Waals surface area contributed by atoms with Crippen LogP contribution in [0.2, 0.25) is 0 Å². The minimum absolute atomic E-state index is 0.562. The van der Waals surface area contributed by atoms with E-state index < -0.39 is 0 Å². The molecule has 0 atom stereocenters. The zero-order chi connectivity index (χ0) is 10.9. The molecule has 0 amide bonds. The first kappa shape index (κ1) is 12.3. The highest BCUT2D eigenvalue weighted by molar-refractivity contribution is 5.79. The predicted molar refractivity (Wildman–Crippen MR) is 61.5 cm³/mol. The monoisotopic (exact) mass is 214 g/mol. The quantitative estimate of drug-likeness (QED) is 0.196. The van der Waals surface area contributed by atoms with Gasteiger partial charge in [-0.2, -0.15) is 0 Å². The van der Waals surface area contributed by atoms with Gasteiger partial charge in [0.1, 0.15) is 0 Å². The van der Waals surface area contributed by atoms with Crippen molar-refractivity contribution in [3.8, 4) is 0 Å². The number of nitrogens with one attached hydrogen (secondary N) is 2. The summed E-state index contributed by atoms with van der Waals surface area (Å²) in [6.07, 6.45) is 4.69. The van der Waals surface area contributed by atoms with Crippen molar-refractivity contribution < 1.29 is 4.74 Å². The second-order valence-electron chi connectivity index (χ2n) is 3.70. The van der Waals surface area contributed by atoms with Crippen LogP contribution in [-0.4, -0.2) is 31.8 Å². The van der Waals surface area contributed by atoms with E-state index in [0.29, 0.717) is 12.0 Å². The van der Waals surface area contributed by atoms with E-state index in [1.54, 1.807) is 0 Å². The van der Waals surface area contributed by atoms with E-state index in [9.17, 15) is 0 Å². The number of nitrogens with two attached hydrogens (primary N) is 1. The molecule has 1 rings (SSSR count). The first-order chi connectivity index (χ1) is 7.36. The van der Waals surface area contributed by atoms with Crippen LogP contribution in [0, 0.1) is 0 Å². The van der Waals surface area contributed by atoms with Crippen molar-refractivity contribution in [1.82, 2.24) is 10.7 Å². The summed E-state index contributed by atoms with van der Waals surface area (Å²) in [5.41, 5.74) is 2.59. The molecule has 15 heavy (non-hydrogen) atoms. The molecule has 1 saturated carbocycles. The Bertz CT molecular complexity index is 192. The number of ether oxygens (including phenoxy) is 1. The van der Waals surface area contributed by atoms with Crippen LogP contribution in [-0.2, 0) is 4.74 Å². The maximum Gasteiger partial charge on any atom is 0.205 e. The van der Waals surface area contributed by atoms with Gasteiger partial charge in [0, 0.05) is 25.8 Å². The molecule has 0 saturated heterocycles. The lowest BCUT2D eigenvalue weighted by molar-refractivity contribution is 0.146. The van der Waals surface area contributed by atoms with Crippen molar-refractivity contribution in [2.75, 3.05) is 19.8 Å². The number of rotatable bonds is 6. The first-order valence-electron chi connectivity index (χ1n) is 5.72. The Morgan fingerprint density at radius 2 is 2.33 bits per heavy atom. The van der Waals surface area contributed by atoms with Gasteiger partial charge in [0.05, 0.1) is 0 Å². The molecule has 0 heterocycles. The molecular formula is C10H22N4O. The van der Waals surface area contributed by atoms with Gasteiger partial charge in [0.2, 0.25) is 5.96 Å². The number of aliphatic imine (C=N–C) groups is 1. The van der Waals surface area contributed by atoms with Crippen molar-refractivity contribution >= 4 is 5.96 Å². The summed E-state index contributed by atoms with van der Waals surface area (Å²) in [5, 5.41) is 3.27. The van der Waals surface area contributed by atoms with Crippen LogP contribution >= 0.6 is 0 Å². The Morgan fingerprint density at radius 1 is 1.53 bits per heavy atom. The predicted octanol–water partition coefficient (Wildman–Crippen LogP) is 0.374. The minimum Gasteiger partial charge on any atom is -0.382 e. The lowest BCUT2D eigenvalue weighted by Gasteiger charge is -2.27. The molecule has 4 N–H and O–H groups in total. The number of nitrogens with zero attached hydrogens (tertiary/aromatic N) is 1. The lowest BCUT2D eigenvalue weighted by atomic mass is 9.93. The van der Waals surface area contributed by atoms with Gasteiger partial charge in [-0.05, 0) is 32.6 Å². The van der Waals surface area contributed by atoms with Gasteiger partial charge in [-0.15, -0.1) is 0 Å². The molecule has 0 aromatic heterocycles. The van der Waals surface area contributed by atoms with Crippen LogP contribution in [0.1, 0.15) is 32.6 Å². The summed E-state index contributed by atoms with van der Waals surface area (Å²) in [7, 11) is 0. The Hall–Kier alpha value is -0.810. The van der Waals surface area contributed by atoms with Gasteiger partial charge in [0.15, 0.2) is 0 Å². The SMILES string of the molecule is CCOCCCN=C(NN)NC1CCC1. The fourth-order valence-electron chi connectivity index (χ4n) is 1.38. The summed E-state index contributed by atoms with van der Waals surface area (Å²) < 4.78 is 5.22. The van der Waals surface area contributed by atoms with E-state index in [1.165, 1.54) is 19.3 Å². The number of hydrogen-bond acceptors (Lipinski definition) is 3. The molecule has 88 valence electrons. The Balaban J connectivity index is 2.09. The smallest absolute Gasteiger partial charge is 0.205 e. The summed E-state index contributed by atoms with van der Waals surface area (Å²) >= 11 is 0. The molecule has 0 aliphatic heterocycles. The molecule has 1 aliphatic carbocycles. The molecule has 0 spiro atoms. The molecule has 0 bridgehead atoms. The Kier molecular flexibility index (Phi) is 6.11. The van der Waals surface area contributed by atoms with Gasteiger partial charge in [-0.1, -0.05) is 0 Å². The molecule has 0 radical (unpaired) electrons. The summed E-state index contributed by atoms with van der Waals surface area (Å²) in [6.45, 7) is 4.28. The van der Waals surface area contributed by atoms with Crippen LogP contribution in [0.4, 0.5) is 0 Å². The van der Waals surface area contributed by atoms with Crippen molar-refractivity contribution in [2.24, 2.45) is 10.8 Å². The van der Waals surface area contributed by atoms with Gasteiger partial charge in [-0.3, -0.25) is 10.4 Å². The van der Waals surface area contributed by atoms with E-state index in [0.717, 1.165) is 26.2 Å². The van der Waals surface area contributed by atoms with Crippen LogP contribution in [0.15, 0.2) is 4.99 Å². The lowest BCUT2D eigenvalue weighted by Crippen LogP contribution is -2.48. The summed E-state index contributed by atoms with van der Waals surface area (Å²) in [6, 6.07) is 0.562. The highest BCUT2D eigenvalue weighted by Gasteiger charge is 2.17. The minimum atomic E-state index is 0.562. The molecule has 5 heteroatoms. The van der Waals surface area contributed by atoms with Gasteiger partial charge in [0.25, 0.3) is 0 Å². The highest BCUT2D eigenvalue weighted by Crippen LogP contribution is 2.17. The molecule has 1 fully saturated rings. The fourth-order valence-corrected chi connectivity index (χ4v) is 1.38. The summed E-state index contributed by atoms with van der Waals surface area (Å²) in [5.74, 6) is 6.07. The molecule has 0 unspecified atom stereocenters. The third-order valence-electron chi connectivity index (χ3n) is 2.50. The van der Waals surface area contributed by atoms with Crippen molar-refractivity contribution in [3.63, 3.8) is 0 Å². The third kappa shape index (κ3) is 4.99. The van der Waals surface area contributed by atoms with E-state index in [2.05, 4.69) is 15.7 Å². The van der Waals surface area contributed by atoms with Crippen LogP contribution in [0.25, 0.3) is 0 Å². The van der Waals surface area contributed by atoms with Crippen LogP contribution in [0.3, 0.4) is 0 Å². The van der Waals surface area contributed by atoms with E-state index in [1.807, 2.05) is 6.92 Å². The van der Waals surface area contributed by atoms with Crippen molar-refractivity contribution in [2.45, 2.75) is 38.6 Å². The largest absolute Gasteiger partial charge is 0.382 e. The molecular weight excluding hydrogens is 192 g/mol. The maximum absolute atomic E-state index is 5.37. The number of hydrazine groups is 1. The number of guanidine groups is 1. The standard InChI is InChI=1S/C10H22N4O/c1-2-15-8-4-7-12-10(14-11)13-9-5-3-6-9/h9H,2-8,11H2,1H3,(H2,12,13,14). The highest BCUT2D eigenvalue weighted by atomic mass is 16.5. The van der Waals surface area contributed by atoms with Crippen molar-refractivity contribution in [3.05, 3.63) is 0 Å². The van der Waals surface area contributed by atoms with Crippen molar-refractivity contribution in [1.29, 1.82) is 0 Å². The topological polar surface area (TPSA) is 71.7 Å². The average molecular weight is 214 g/mol. The molecule has 1 aliphatic rings. The third-order valence-corrected chi connectivity index (χ3v) is 2.50. The van der Waals surface area contributed by atoms with Crippen LogP contribution < -0.4 is 16.6 Å². The Labute approximate surface area is 91.4 Å². The second kappa shape index (κ2) is 7.48. The van der Waals surface area contributed by atoms with E-state index in [4.69, 9.17) is 10.6 Å². The van der Waals surface area contributed by atoms with Gasteiger partial charge >= 0.3 is 0 Å². The van der Waals surface area contributed by atoms with E-state index >= 15 is 0 Å².